The van der Waals surface area contributed by atoms with Gasteiger partial charge in [-0.2, -0.15) is 0 Å². The fraction of sp³-hybridized carbons (Fsp3) is 0.560. The lowest BCUT2D eigenvalue weighted by molar-refractivity contribution is 0.229. The summed E-state index contributed by atoms with van der Waals surface area (Å²) < 4.78 is 0. The summed E-state index contributed by atoms with van der Waals surface area (Å²) in [6.45, 7) is 1.13. The van der Waals surface area contributed by atoms with E-state index in [-0.39, 0.29) is 0 Å². The zero-order valence-corrected chi connectivity index (χ0v) is 18.8. The van der Waals surface area contributed by atoms with Gasteiger partial charge in [0.05, 0.1) is 6.34 Å². The van der Waals surface area contributed by atoms with Gasteiger partial charge in [-0.25, -0.2) is 4.99 Å². The monoisotopic (exact) mass is 422 g/mol. The lowest BCUT2D eigenvalue weighted by Crippen LogP contribution is -2.38. The SMILES string of the molecule is CN1C=NC(N)=C2C3=C(CCC3C3CCC[C@H](NCCCc4ccccc4)C3)SC21. The number of hydrogen-bond donors (Lipinski definition) is 2. The normalized spacial score (nSPS) is 30.8. The molecule has 5 rings (SSSR count). The molecule has 2 aliphatic heterocycles. The predicted molar refractivity (Wildman–Crippen MR) is 127 cm³/mol. The van der Waals surface area contributed by atoms with E-state index in [4.69, 9.17) is 5.73 Å². The summed E-state index contributed by atoms with van der Waals surface area (Å²) >= 11 is 2.02. The molecule has 4 nitrogen and oxygen atoms in total. The van der Waals surface area contributed by atoms with Crippen LogP contribution < -0.4 is 11.1 Å². The van der Waals surface area contributed by atoms with E-state index < -0.39 is 0 Å². The van der Waals surface area contributed by atoms with Crippen molar-refractivity contribution in [3.05, 3.63) is 57.8 Å². The standard InChI is InChI=1S/C25H34N4S/c1-29-16-28-24(26)23-22-20(12-13-21(22)30-25(23)29)18-10-5-11-19(15-18)27-14-6-9-17-7-3-2-4-8-17/h2-4,7-8,16,18-20,25,27H,5-6,9-15,26H2,1H3/t18?,19-,20?,25?/m0/s1. The molecule has 4 atom stereocenters. The fourth-order valence-electron chi connectivity index (χ4n) is 5.90. The van der Waals surface area contributed by atoms with E-state index in [2.05, 4.69) is 52.6 Å². The van der Waals surface area contributed by atoms with Crippen molar-refractivity contribution in [1.82, 2.24) is 10.2 Å². The average molecular weight is 423 g/mol. The molecular formula is C25H34N4S. The van der Waals surface area contributed by atoms with Crippen molar-refractivity contribution >= 4 is 18.1 Å². The van der Waals surface area contributed by atoms with Crippen molar-refractivity contribution in [2.24, 2.45) is 22.6 Å². The van der Waals surface area contributed by atoms with Crippen LogP contribution >= 0.6 is 11.8 Å². The Labute approximate surface area is 185 Å². The summed E-state index contributed by atoms with van der Waals surface area (Å²) in [5.41, 5.74) is 10.7. The van der Waals surface area contributed by atoms with Gasteiger partial charge in [0.2, 0.25) is 0 Å². The maximum absolute atomic E-state index is 6.38. The van der Waals surface area contributed by atoms with E-state index in [1.807, 2.05) is 18.1 Å². The molecule has 0 radical (unpaired) electrons. The van der Waals surface area contributed by atoms with Crippen molar-refractivity contribution in [2.45, 2.75) is 62.8 Å². The van der Waals surface area contributed by atoms with Gasteiger partial charge >= 0.3 is 0 Å². The van der Waals surface area contributed by atoms with E-state index in [0.29, 0.717) is 17.3 Å². The molecule has 5 heteroatoms. The van der Waals surface area contributed by atoms with Crippen molar-refractivity contribution in [3.63, 3.8) is 0 Å². The van der Waals surface area contributed by atoms with E-state index in [1.54, 1.807) is 10.5 Å². The second-order valence-corrected chi connectivity index (χ2v) is 10.5. The molecule has 3 N–H and O–H groups in total. The maximum Gasteiger partial charge on any atom is 0.131 e. The van der Waals surface area contributed by atoms with E-state index in [9.17, 15) is 0 Å². The minimum absolute atomic E-state index is 0.353. The van der Waals surface area contributed by atoms with Gasteiger partial charge < -0.3 is 16.0 Å². The predicted octanol–water partition coefficient (Wildman–Crippen LogP) is 4.65. The second-order valence-electron chi connectivity index (χ2n) is 9.33. The van der Waals surface area contributed by atoms with Crippen LogP contribution in [0.1, 0.15) is 50.5 Å². The van der Waals surface area contributed by atoms with Crippen LogP contribution in [-0.4, -0.2) is 36.2 Å². The third-order valence-electron chi connectivity index (χ3n) is 7.37. The van der Waals surface area contributed by atoms with Gasteiger partial charge in [0, 0.05) is 18.7 Å². The Morgan fingerprint density at radius 1 is 1.17 bits per heavy atom. The van der Waals surface area contributed by atoms with E-state index in [1.165, 1.54) is 62.5 Å². The first-order valence-electron chi connectivity index (χ1n) is 11.6. The van der Waals surface area contributed by atoms with Gasteiger partial charge in [0.15, 0.2) is 0 Å². The molecule has 2 aliphatic carbocycles. The minimum Gasteiger partial charge on any atom is -0.383 e. The Bertz CT molecular complexity index is 859. The molecular weight excluding hydrogens is 388 g/mol. The van der Waals surface area contributed by atoms with Gasteiger partial charge in [-0.1, -0.05) is 36.8 Å². The smallest absolute Gasteiger partial charge is 0.131 e. The molecule has 30 heavy (non-hydrogen) atoms. The number of allylic oxidation sites excluding steroid dienone is 1. The Balaban J connectivity index is 1.19. The summed E-state index contributed by atoms with van der Waals surface area (Å²) in [6, 6.07) is 11.5. The highest BCUT2D eigenvalue weighted by Gasteiger charge is 2.45. The molecule has 2 heterocycles. The van der Waals surface area contributed by atoms with Crippen molar-refractivity contribution in [1.29, 1.82) is 0 Å². The first kappa shape index (κ1) is 20.2. The van der Waals surface area contributed by atoms with Crippen molar-refractivity contribution in [3.8, 4) is 0 Å². The highest BCUT2D eigenvalue weighted by molar-refractivity contribution is 8.04. The number of aliphatic imine (C=N–C) groups is 1. The summed E-state index contributed by atoms with van der Waals surface area (Å²) in [5, 5.41) is 4.24. The van der Waals surface area contributed by atoms with Gasteiger partial charge in [0.1, 0.15) is 11.2 Å². The Kier molecular flexibility index (Phi) is 5.92. The van der Waals surface area contributed by atoms with Crippen LogP contribution in [0.4, 0.5) is 0 Å². The van der Waals surface area contributed by atoms with Crippen LogP contribution in [0, 0.1) is 11.8 Å². The quantitative estimate of drug-likeness (QED) is 0.655. The molecule has 1 fully saturated rings. The third kappa shape index (κ3) is 3.94. The van der Waals surface area contributed by atoms with Gasteiger partial charge in [0.25, 0.3) is 0 Å². The number of fused-ring (bicyclic) bond motifs is 2. The first-order valence-corrected chi connectivity index (χ1v) is 12.5. The molecule has 1 aromatic carbocycles. The molecule has 4 aliphatic rings. The van der Waals surface area contributed by atoms with Crippen LogP contribution in [-0.2, 0) is 6.42 Å². The topological polar surface area (TPSA) is 53.6 Å². The number of hydrogen-bond acceptors (Lipinski definition) is 5. The van der Waals surface area contributed by atoms with Gasteiger partial charge in [-0.15, -0.1) is 11.8 Å². The molecule has 0 bridgehead atoms. The maximum atomic E-state index is 6.38. The summed E-state index contributed by atoms with van der Waals surface area (Å²) in [4.78, 5) is 8.30. The lowest BCUT2D eigenvalue weighted by Gasteiger charge is -2.36. The second kappa shape index (κ2) is 8.80. The van der Waals surface area contributed by atoms with Crippen LogP contribution in [0.25, 0.3) is 0 Å². The highest BCUT2D eigenvalue weighted by atomic mass is 32.2. The van der Waals surface area contributed by atoms with E-state index in [0.717, 1.165) is 18.3 Å². The summed E-state index contributed by atoms with van der Waals surface area (Å²) in [5.74, 6) is 2.23. The third-order valence-corrected chi connectivity index (χ3v) is 8.87. The zero-order valence-electron chi connectivity index (χ0n) is 18.0. The summed E-state index contributed by atoms with van der Waals surface area (Å²) in [7, 11) is 2.13. The number of rotatable bonds is 6. The molecule has 0 aromatic heterocycles. The molecule has 1 saturated carbocycles. The van der Waals surface area contributed by atoms with Crippen LogP contribution in [0.3, 0.4) is 0 Å². The average Bonchev–Trinajstić information content (AvgIpc) is 3.35. The Morgan fingerprint density at radius 3 is 2.90 bits per heavy atom. The molecule has 1 aromatic rings. The highest BCUT2D eigenvalue weighted by Crippen LogP contribution is 2.57. The summed E-state index contributed by atoms with van der Waals surface area (Å²) in [6.07, 6.45) is 12.2. The fourth-order valence-corrected chi connectivity index (χ4v) is 7.38. The van der Waals surface area contributed by atoms with Crippen molar-refractivity contribution < 1.29 is 0 Å². The molecule has 160 valence electrons. The van der Waals surface area contributed by atoms with Crippen LogP contribution in [0.15, 0.2) is 57.2 Å². The van der Waals surface area contributed by atoms with Gasteiger partial charge in [-0.3, -0.25) is 0 Å². The number of nitrogens with two attached hydrogens (primary N) is 1. The lowest BCUT2D eigenvalue weighted by atomic mass is 9.73. The molecule has 0 amide bonds. The number of nitrogens with zero attached hydrogens (tertiary/aromatic N) is 2. The number of nitrogens with one attached hydrogen (secondary N) is 1. The van der Waals surface area contributed by atoms with E-state index >= 15 is 0 Å². The minimum atomic E-state index is 0.353. The Hall–Kier alpha value is -1.72. The number of likely N-dealkylation sites (N-methyl/N-ethyl adjacent to an activating group) is 1. The molecule has 0 saturated heterocycles. The molecule has 3 unspecified atom stereocenters. The van der Waals surface area contributed by atoms with Crippen LogP contribution in [0.2, 0.25) is 0 Å². The largest absolute Gasteiger partial charge is 0.383 e. The van der Waals surface area contributed by atoms with Crippen molar-refractivity contribution in [2.75, 3.05) is 13.6 Å². The Morgan fingerprint density at radius 2 is 2.03 bits per heavy atom. The number of thioether (sulfide) groups is 1. The molecule has 0 spiro atoms. The van der Waals surface area contributed by atoms with Gasteiger partial charge in [-0.05, 0) is 79.4 Å². The van der Waals surface area contributed by atoms with Crippen LogP contribution in [0.5, 0.6) is 0 Å². The zero-order chi connectivity index (χ0) is 20.5. The first-order chi connectivity index (χ1) is 14.7. The number of benzene rings is 1. The number of aryl methyl sites for hydroxylation is 1.